The molecule has 6 nitrogen and oxygen atoms in total. The zero-order valence-electron chi connectivity index (χ0n) is 10.4. The van der Waals surface area contributed by atoms with E-state index in [0.29, 0.717) is 22.4 Å². The molecule has 0 bridgehead atoms. The van der Waals surface area contributed by atoms with Crippen molar-refractivity contribution in [3.05, 3.63) is 59.3 Å². The minimum atomic E-state index is -0.398. The fourth-order valence-corrected chi connectivity index (χ4v) is 1.90. The lowest BCUT2D eigenvalue weighted by Crippen LogP contribution is -2.13. The highest BCUT2D eigenvalue weighted by Gasteiger charge is 2.15. The van der Waals surface area contributed by atoms with Crippen molar-refractivity contribution in [1.29, 1.82) is 0 Å². The van der Waals surface area contributed by atoms with Crippen LogP contribution >= 0.6 is 11.6 Å². The van der Waals surface area contributed by atoms with Crippen LogP contribution in [0.25, 0.3) is 11.5 Å². The number of nitrogens with two attached hydrogens (primary N) is 1. The molecular formula is C13H11ClN6. The first-order valence-electron chi connectivity index (χ1n) is 5.94. The number of benzene rings is 1. The van der Waals surface area contributed by atoms with Crippen molar-refractivity contribution in [2.45, 2.75) is 6.04 Å². The van der Waals surface area contributed by atoms with Crippen molar-refractivity contribution in [2.75, 3.05) is 0 Å². The molecule has 20 heavy (non-hydrogen) atoms. The van der Waals surface area contributed by atoms with Gasteiger partial charge in [-0.2, -0.15) is 5.10 Å². The second-order valence-electron chi connectivity index (χ2n) is 4.16. The van der Waals surface area contributed by atoms with Gasteiger partial charge in [0.1, 0.15) is 11.5 Å². The zero-order valence-corrected chi connectivity index (χ0v) is 11.1. The zero-order chi connectivity index (χ0) is 13.9. The Morgan fingerprint density at radius 2 is 1.95 bits per heavy atom. The van der Waals surface area contributed by atoms with Crippen LogP contribution in [0.1, 0.15) is 17.4 Å². The molecule has 0 aliphatic heterocycles. The highest BCUT2D eigenvalue weighted by atomic mass is 35.5. The van der Waals surface area contributed by atoms with E-state index in [-0.39, 0.29) is 0 Å². The summed E-state index contributed by atoms with van der Waals surface area (Å²) in [6.45, 7) is 0. The molecule has 7 heteroatoms. The van der Waals surface area contributed by atoms with Gasteiger partial charge in [-0.1, -0.05) is 23.7 Å². The Morgan fingerprint density at radius 3 is 2.65 bits per heavy atom. The van der Waals surface area contributed by atoms with E-state index in [1.54, 1.807) is 30.7 Å². The molecule has 0 saturated carbocycles. The molecule has 3 aromatic rings. The maximum absolute atomic E-state index is 6.14. The number of halogens is 1. The third-order valence-electron chi connectivity index (χ3n) is 2.82. The number of hydrogen-bond acceptors (Lipinski definition) is 5. The van der Waals surface area contributed by atoms with Crippen LogP contribution in [0.4, 0.5) is 0 Å². The summed E-state index contributed by atoms with van der Waals surface area (Å²) in [6.07, 6.45) is 4.78. The van der Waals surface area contributed by atoms with Gasteiger partial charge in [0.25, 0.3) is 0 Å². The van der Waals surface area contributed by atoms with Crippen LogP contribution in [-0.2, 0) is 0 Å². The third kappa shape index (κ3) is 2.52. The monoisotopic (exact) mass is 286 g/mol. The molecule has 1 unspecified atom stereocenters. The van der Waals surface area contributed by atoms with Gasteiger partial charge in [0, 0.05) is 17.4 Å². The van der Waals surface area contributed by atoms with Gasteiger partial charge in [-0.25, -0.2) is 9.97 Å². The van der Waals surface area contributed by atoms with E-state index in [9.17, 15) is 0 Å². The van der Waals surface area contributed by atoms with Crippen LogP contribution in [0.15, 0.2) is 42.9 Å². The Hall–Kier alpha value is -2.31. The first-order chi connectivity index (χ1) is 9.74. The third-order valence-corrected chi connectivity index (χ3v) is 3.07. The van der Waals surface area contributed by atoms with Gasteiger partial charge in [-0.05, 0) is 17.7 Å². The number of aromatic nitrogens is 5. The molecule has 2 aromatic heterocycles. The van der Waals surface area contributed by atoms with Crippen molar-refractivity contribution < 1.29 is 0 Å². The van der Waals surface area contributed by atoms with Crippen molar-refractivity contribution in [3.63, 3.8) is 0 Å². The fraction of sp³-hybridized carbons (Fsp3) is 0.0769. The molecule has 0 fully saturated rings. The summed E-state index contributed by atoms with van der Waals surface area (Å²) in [6, 6.07) is 6.90. The Balaban J connectivity index is 1.88. The molecule has 0 spiro atoms. The average Bonchev–Trinajstić information content (AvgIpc) is 2.98. The lowest BCUT2D eigenvalue weighted by Gasteiger charge is -2.08. The van der Waals surface area contributed by atoms with E-state index in [0.717, 1.165) is 5.56 Å². The number of nitrogens with one attached hydrogen (secondary N) is 1. The van der Waals surface area contributed by atoms with Crippen LogP contribution in [0.2, 0.25) is 5.02 Å². The highest BCUT2D eigenvalue weighted by molar-refractivity contribution is 6.30. The molecule has 0 aliphatic carbocycles. The number of hydrogen-bond donors (Lipinski definition) is 2. The van der Waals surface area contributed by atoms with E-state index in [2.05, 4.69) is 25.1 Å². The van der Waals surface area contributed by atoms with E-state index >= 15 is 0 Å². The van der Waals surface area contributed by atoms with Crippen molar-refractivity contribution in [2.24, 2.45) is 5.73 Å². The summed E-state index contributed by atoms with van der Waals surface area (Å²) >= 11 is 5.85. The quantitative estimate of drug-likeness (QED) is 0.768. The maximum atomic E-state index is 6.14. The van der Waals surface area contributed by atoms with Gasteiger partial charge in [0.2, 0.25) is 5.82 Å². The number of H-pyrrole nitrogens is 1. The lowest BCUT2D eigenvalue weighted by atomic mass is 10.1. The smallest absolute Gasteiger partial charge is 0.201 e. The molecule has 3 N–H and O–H groups in total. The lowest BCUT2D eigenvalue weighted by molar-refractivity contribution is 0.787. The van der Waals surface area contributed by atoms with Crippen LogP contribution in [0.5, 0.6) is 0 Å². The molecule has 3 rings (SSSR count). The first-order valence-corrected chi connectivity index (χ1v) is 6.31. The van der Waals surface area contributed by atoms with Gasteiger partial charge >= 0.3 is 0 Å². The van der Waals surface area contributed by atoms with Gasteiger partial charge in [-0.3, -0.25) is 10.1 Å². The summed E-state index contributed by atoms with van der Waals surface area (Å²) in [7, 11) is 0. The summed E-state index contributed by atoms with van der Waals surface area (Å²) in [5.41, 5.74) is 7.64. The Kier molecular flexibility index (Phi) is 3.41. The maximum Gasteiger partial charge on any atom is 0.201 e. The molecule has 0 amide bonds. The fourth-order valence-electron chi connectivity index (χ4n) is 1.77. The van der Waals surface area contributed by atoms with Crippen LogP contribution < -0.4 is 5.73 Å². The normalized spacial score (nSPS) is 12.3. The van der Waals surface area contributed by atoms with Crippen LogP contribution in [0, 0.1) is 0 Å². The minimum Gasteiger partial charge on any atom is -0.318 e. The van der Waals surface area contributed by atoms with Gasteiger partial charge in [0.05, 0.1) is 12.2 Å². The molecule has 1 aromatic carbocycles. The van der Waals surface area contributed by atoms with Crippen molar-refractivity contribution in [1.82, 2.24) is 25.1 Å². The van der Waals surface area contributed by atoms with Crippen LogP contribution in [0.3, 0.4) is 0 Å². The summed E-state index contributed by atoms with van der Waals surface area (Å²) < 4.78 is 0. The van der Waals surface area contributed by atoms with E-state index < -0.39 is 6.04 Å². The van der Waals surface area contributed by atoms with E-state index in [1.165, 1.54) is 0 Å². The predicted octanol–water partition coefficient (Wildman–Crippen LogP) is 1.96. The van der Waals surface area contributed by atoms with Crippen molar-refractivity contribution >= 4 is 11.6 Å². The molecule has 1 atom stereocenters. The molecule has 0 radical (unpaired) electrons. The van der Waals surface area contributed by atoms with Crippen LogP contribution in [-0.4, -0.2) is 25.1 Å². The SMILES string of the molecule is NC(c1ccc(Cl)cc1)c1nc(-c2cnccn2)n[nH]1. The summed E-state index contributed by atoms with van der Waals surface area (Å²) in [5.74, 6) is 1.03. The largest absolute Gasteiger partial charge is 0.318 e. The predicted molar refractivity (Wildman–Crippen MR) is 74.9 cm³/mol. The van der Waals surface area contributed by atoms with E-state index in [1.807, 2.05) is 12.1 Å². The number of nitrogens with zero attached hydrogens (tertiary/aromatic N) is 4. The summed E-state index contributed by atoms with van der Waals surface area (Å²) in [4.78, 5) is 12.5. The topological polar surface area (TPSA) is 93.4 Å². The number of aromatic amines is 1. The van der Waals surface area contributed by atoms with Crippen molar-refractivity contribution in [3.8, 4) is 11.5 Å². The highest BCUT2D eigenvalue weighted by Crippen LogP contribution is 2.20. The second kappa shape index (κ2) is 5.36. The number of rotatable bonds is 3. The molecule has 2 heterocycles. The van der Waals surface area contributed by atoms with Gasteiger partial charge in [-0.15, -0.1) is 0 Å². The Labute approximate surface area is 120 Å². The molecule has 0 aliphatic rings. The second-order valence-corrected chi connectivity index (χ2v) is 4.60. The minimum absolute atomic E-state index is 0.398. The molecular weight excluding hydrogens is 276 g/mol. The Morgan fingerprint density at radius 1 is 1.15 bits per heavy atom. The summed E-state index contributed by atoms with van der Waals surface area (Å²) in [5, 5.41) is 7.60. The Bertz CT molecular complexity index is 694. The average molecular weight is 287 g/mol. The van der Waals surface area contributed by atoms with Gasteiger partial charge < -0.3 is 5.73 Å². The van der Waals surface area contributed by atoms with E-state index in [4.69, 9.17) is 17.3 Å². The standard InChI is InChI=1S/C13H11ClN6/c14-9-3-1-8(2-4-9)11(15)13-18-12(19-20-13)10-7-16-5-6-17-10/h1-7,11H,15H2,(H,18,19,20). The molecule has 100 valence electrons. The molecule has 0 saturated heterocycles. The van der Waals surface area contributed by atoms with Gasteiger partial charge in [0.15, 0.2) is 0 Å². The first kappa shape index (κ1) is 12.7.